The Balaban J connectivity index is 1.38. The Bertz CT molecular complexity index is 1410. The molecule has 0 aliphatic carbocycles. The van der Waals surface area contributed by atoms with Gasteiger partial charge in [0.1, 0.15) is 5.84 Å². The largest absolute Gasteiger partial charge is 0.339 e. The number of hydrogen-bond donors (Lipinski definition) is 3. The van der Waals surface area contributed by atoms with Crippen molar-refractivity contribution in [1.82, 2.24) is 15.8 Å². The number of hydrogen-bond acceptors (Lipinski definition) is 5. The molecule has 172 valence electrons. The fourth-order valence-electron chi connectivity index (χ4n) is 3.56. The van der Waals surface area contributed by atoms with Crippen LogP contribution in [0.3, 0.4) is 0 Å². The summed E-state index contributed by atoms with van der Waals surface area (Å²) < 4.78 is 0. The molecule has 2 heterocycles. The zero-order valence-electron chi connectivity index (χ0n) is 18.6. The highest BCUT2D eigenvalue weighted by Crippen LogP contribution is 2.39. The second-order valence-electron chi connectivity index (χ2n) is 7.73. The van der Waals surface area contributed by atoms with Gasteiger partial charge in [-0.3, -0.25) is 30.4 Å². The Hall–Kier alpha value is -4.43. The number of anilines is 1. The van der Waals surface area contributed by atoms with Crippen LogP contribution in [0.15, 0.2) is 112 Å². The van der Waals surface area contributed by atoms with Gasteiger partial charge >= 0.3 is 0 Å². The standard InChI is InChI=1S/C27H21N5O2S/c33-26(19-8-2-1-3-9-19)31-32-27(34)20-12-13-24-22(15-20)30-25(21-10-4-5-11-23(21)35-24)29-17-18-7-6-14-28-16-18/h1-16H,17H2,(H,29,30)(H,31,33)(H,32,34). The van der Waals surface area contributed by atoms with E-state index < -0.39 is 5.91 Å². The zero-order valence-corrected chi connectivity index (χ0v) is 19.4. The van der Waals surface area contributed by atoms with Crippen LogP contribution in [0.4, 0.5) is 5.69 Å². The van der Waals surface area contributed by atoms with E-state index in [0.29, 0.717) is 23.5 Å². The van der Waals surface area contributed by atoms with Crippen molar-refractivity contribution in [3.05, 3.63) is 120 Å². The molecule has 0 radical (unpaired) electrons. The number of rotatable bonds is 4. The first-order valence-corrected chi connectivity index (χ1v) is 11.8. The van der Waals surface area contributed by atoms with Gasteiger partial charge in [0.2, 0.25) is 0 Å². The normalized spacial score (nSPS) is 13.1. The Kier molecular flexibility index (Phi) is 6.54. The van der Waals surface area contributed by atoms with Crippen LogP contribution in [-0.4, -0.2) is 22.6 Å². The molecule has 3 N–H and O–H groups in total. The first-order valence-electron chi connectivity index (χ1n) is 10.9. The van der Waals surface area contributed by atoms with E-state index in [4.69, 9.17) is 4.99 Å². The number of nitrogens with zero attached hydrogens (tertiary/aromatic N) is 2. The van der Waals surface area contributed by atoms with E-state index in [2.05, 4.69) is 27.2 Å². The van der Waals surface area contributed by atoms with Crippen LogP contribution in [0, 0.1) is 0 Å². The Morgan fingerprint density at radius 1 is 0.829 bits per heavy atom. The summed E-state index contributed by atoms with van der Waals surface area (Å²) in [4.78, 5) is 36.0. The Morgan fingerprint density at radius 2 is 1.60 bits per heavy atom. The predicted molar refractivity (Wildman–Crippen MR) is 136 cm³/mol. The smallest absolute Gasteiger partial charge is 0.269 e. The van der Waals surface area contributed by atoms with Gasteiger partial charge in [-0.2, -0.15) is 0 Å². The number of aliphatic imine (C=N–C) groups is 1. The van der Waals surface area contributed by atoms with E-state index >= 15 is 0 Å². The van der Waals surface area contributed by atoms with E-state index in [0.717, 1.165) is 26.6 Å². The molecule has 7 nitrogen and oxygen atoms in total. The van der Waals surface area contributed by atoms with Crippen LogP contribution in [0.1, 0.15) is 31.8 Å². The lowest BCUT2D eigenvalue weighted by molar-refractivity contribution is 0.0846. The summed E-state index contributed by atoms with van der Waals surface area (Å²) in [6.07, 6.45) is 3.53. The molecule has 3 aromatic carbocycles. The van der Waals surface area contributed by atoms with Crippen molar-refractivity contribution in [2.24, 2.45) is 4.99 Å². The second kappa shape index (κ2) is 10.2. The number of carbonyl (C=O) groups excluding carboxylic acids is 2. The SMILES string of the molecule is O=C(NNC(=O)c1ccc2c(c1)NC(=NCc1cccnc1)c1ccccc1S2)c1ccccc1. The number of amidine groups is 1. The van der Waals surface area contributed by atoms with E-state index in [1.807, 2.05) is 42.5 Å². The minimum absolute atomic E-state index is 0.386. The van der Waals surface area contributed by atoms with Gasteiger partial charge in [-0.05, 0) is 48.0 Å². The van der Waals surface area contributed by atoms with Crippen molar-refractivity contribution < 1.29 is 9.59 Å². The minimum Gasteiger partial charge on any atom is -0.339 e. The van der Waals surface area contributed by atoms with Crippen LogP contribution >= 0.6 is 11.8 Å². The maximum atomic E-state index is 12.8. The predicted octanol–water partition coefficient (Wildman–Crippen LogP) is 4.68. The summed E-state index contributed by atoms with van der Waals surface area (Å²) in [5.74, 6) is -0.0900. The number of benzene rings is 3. The highest BCUT2D eigenvalue weighted by atomic mass is 32.2. The second-order valence-corrected chi connectivity index (χ2v) is 8.82. The summed E-state index contributed by atoms with van der Waals surface area (Å²) >= 11 is 1.61. The molecule has 0 atom stereocenters. The van der Waals surface area contributed by atoms with Crippen molar-refractivity contribution >= 4 is 35.1 Å². The van der Waals surface area contributed by atoms with E-state index in [1.54, 1.807) is 60.6 Å². The number of carbonyl (C=O) groups is 2. The summed E-state index contributed by atoms with van der Waals surface area (Å²) in [6.45, 7) is 0.468. The van der Waals surface area contributed by atoms with Crippen LogP contribution < -0.4 is 16.2 Å². The Labute approximate surface area is 206 Å². The number of pyridine rings is 1. The van der Waals surface area contributed by atoms with Crippen molar-refractivity contribution in [1.29, 1.82) is 0 Å². The molecular formula is C27H21N5O2S. The Morgan fingerprint density at radius 3 is 2.40 bits per heavy atom. The molecule has 0 saturated heterocycles. The molecule has 1 aliphatic rings. The fourth-order valence-corrected chi connectivity index (χ4v) is 4.57. The van der Waals surface area contributed by atoms with Crippen LogP contribution in [0.5, 0.6) is 0 Å². The lowest BCUT2D eigenvalue weighted by Gasteiger charge is -2.12. The lowest BCUT2D eigenvalue weighted by atomic mass is 10.1. The molecule has 0 spiro atoms. The fraction of sp³-hybridized carbons (Fsp3) is 0.0370. The van der Waals surface area contributed by atoms with Crippen LogP contribution in [0.25, 0.3) is 0 Å². The molecule has 0 bridgehead atoms. The molecule has 2 amide bonds. The maximum absolute atomic E-state index is 12.8. The maximum Gasteiger partial charge on any atom is 0.269 e. The molecule has 0 saturated carbocycles. The number of fused-ring (bicyclic) bond motifs is 2. The zero-order chi connectivity index (χ0) is 24.0. The first-order chi connectivity index (χ1) is 17.2. The summed E-state index contributed by atoms with van der Waals surface area (Å²) in [7, 11) is 0. The average Bonchev–Trinajstić information content (AvgIpc) is 3.07. The number of aromatic nitrogens is 1. The lowest BCUT2D eigenvalue weighted by Crippen LogP contribution is -2.41. The highest BCUT2D eigenvalue weighted by Gasteiger charge is 2.20. The van der Waals surface area contributed by atoms with Crippen LogP contribution in [0.2, 0.25) is 0 Å². The molecule has 8 heteroatoms. The van der Waals surface area contributed by atoms with Crippen molar-refractivity contribution in [2.45, 2.75) is 16.3 Å². The van der Waals surface area contributed by atoms with Gasteiger partial charge < -0.3 is 5.32 Å². The van der Waals surface area contributed by atoms with E-state index in [-0.39, 0.29) is 5.91 Å². The number of nitrogens with one attached hydrogen (secondary N) is 3. The molecule has 5 rings (SSSR count). The number of hydrazine groups is 1. The van der Waals surface area contributed by atoms with Crippen molar-refractivity contribution in [3.8, 4) is 0 Å². The molecule has 0 fully saturated rings. The van der Waals surface area contributed by atoms with Crippen LogP contribution in [-0.2, 0) is 6.54 Å². The molecular weight excluding hydrogens is 458 g/mol. The summed E-state index contributed by atoms with van der Waals surface area (Å²) in [5, 5.41) is 3.41. The minimum atomic E-state index is -0.417. The molecule has 1 aromatic heterocycles. The quantitative estimate of drug-likeness (QED) is 0.370. The van der Waals surface area contributed by atoms with Gasteiger partial charge in [0.25, 0.3) is 11.8 Å². The van der Waals surface area contributed by atoms with Gasteiger partial charge in [0.05, 0.1) is 12.2 Å². The average molecular weight is 480 g/mol. The third-order valence-corrected chi connectivity index (χ3v) is 6.48. The van der Waals surface area contributed by atoms with Crippen molar-refractivity contribution in [2.75, 3.05) is 5.32 Å². The highest BCUT2D eigenvalue weighted by molar-refractivity contribution is 7.99. The molecule has 4 aromatic rings. The molecule has 0 unspecified atom stereocenters. The van der Waals surface area contributed by atoms with Crippen molar-refractivity contribution in [3.63, 3.8) is 0 Å². The molecule has 35 heavy (non-hydrogen) atoms. The van der Waals surface area contributed by atoms with E-state index in [1.165, 1.54) is 0 Å². The molecule has 1 aliphatic heterocycles. The van der Waals surface area contributed by atoms with E-state index in [9.17, 15) is 9.59 Å². The third-order valence-electron chi connectivity index (χ3n) is 5.32. The van der Waals surface area contributed by atoms with Gasteiger partial charge in [-0.15, -0.1) is 0 Å². The van der Waals surface area contributed by atoms with Gasteiger partial charge in [-0.25, -0.2) is 0 Å². The summed E-state index contributed by atoms with van der Waals surface area (Å²) in [5.41, 5.74) is 8.55. The first kappa shape index (κ1) is 22.4. The number of amides is 2. The summed E-state index contributed by atoms with van der Waals surface area (Å²) in [6, 6.07) is 26.0. The third kappa shape index (κ3) is 5.23. The monoisotopic (exact) mass is 479 g/mol. The topological polar surface area (TPSA) is 95.5 Å². The van der Waals surface area contributed by atoms with Gasteiger partial charge in [0.15, 0.2) is 0 Å². The van der Waals surface area contributed by atoms with Gasteiger partial charge in [-0.1, -0.05) is 54.2 Å². The van der Waals surface area contributed by atoms with Gasteiger partial charge in [0, 0.05) is 38.9 Å².